The number of rotatable bonds is 2. The summed E-state index contributed by atoms with van der Waals surface area (Å²) < 4.78 is 0. The van der Waals surface area contributed by atoms with Crippen molar-refractivity contribution in [3.63, 3.8) is 0 Å². The molecule has 0 atom stereocenters. The van der Waals surface area contributed by atoms with Gasteiger partial charge in [0.05, 0.1) is 17.1 Å². The number of hydrogen-bond acceptors (Lipinski definition) is 2. The minimum absolute atomic E-state index is 0.0688. The van der Waals surface area contributed by atoms with Gasteiger partial charge in [-0.05, 0) is 40.2 Å². The fourth-order valence-corrected chi connectivity index (χ4v) is 6.05. The van der Waals surface area contributed by atoms with E-state index in [1.165, 1.54) is 22.3 Å². The third-order valence-corrected chi connectivity index (χ3v) is 7.39. The minimum atomic E-state index is -0.322. The summed E-state index contributed by atoms with van der Waals surface area (Å²) in [4.78, 5) is 5.00. The smallest absolute Gasteiger partial charge is 0.0998 e. The van der Waals surface area contributed by atoms with E-state index in [0.29, 0.717) is 5.56 Å². The molecule has 6 rings (SSSR count). The summed E-state index contributed by atoms with van der Waals surface area (Å²) in [5.41, 5.74) is 6.40. The van der Waals surface area contributed by atoms with Crippen LogP contribution in [-0.2, 0) is 10.8 Å². The minimum Gasteiger partial charge on any atom is -0.255 e. The predicted molar refractivity (Wildman–Crippen MR) is 134 cm³/mol. The van der Waals surface area contributed by atoms with E-state index < -0.39 is 0 Å². The van der Waals surface area contributed by atoms with Crippen molar-refractivity contribution in [2.24, 2.45) is 0 Å². The lowest BCUT2D eigenvalue weighted by Gasteiger charge is -2.34. The third kappa shape index (κ3) is 2.69. The highest BCUT2D eigenvalue weighted by molar-refractivity contribution is 6.09. The maximum absolute atomic E-state index is 10.0. The van der Waals surface area contributed by atoms with Crippen LogP contribution in [0.5, 0.6) is 0 Å². The summed E-state index contributed by atoms with van der Waals surface area (Å²) in [5.74, 6) is 0. The van der Waals surface area contributed by atoms with Crippen LogP contribution in [-0.4, -0.2) is 4.98 Å². The Hall–Kier alpha value is -3.96. The largest absolute Gasteiger partial charge is 0.255 e. The molecule has 2 nitrogen and oxygen atoms in total. The van der Waals surface area contributed by atoms with Gasteiger partial charge in [-0.1, -0.05) is 98.8 Å². The number of hydrogen-bond donors (Lipinski definition) is 0. The molecule has 4 aromatic carbocycles. The molecule has 33 heavy (non-hydrogen) atoms. The van der Waals surface area contributed by atoms with E-state index in [-0.39, 0.29) is 10.8 Å². The molecule has 0 amide bonds. The van der Waals surface area contributed by atoms with Gasteiger partial charge < -0.3 is 0 Å². The highest BCUT2D eigenvalue weighted by Gasteiger charge is 2.51. The molecule has 158 valence electrons. The molecule has 1 aliphatic rings. The van der Waals surface area contributed by atoms with Crippen LogP contribution in [0.3, 0.4) is 0 Å². The van der Waals surface area contributed by atoms with Crippen molar-refractivity contribution >= 4 is 21.7 Å². The van der Waals surface area contributed by atoms with E-state index in [0.717, 1.165) is 28.1 Å². The molecule has 0 fully saturated rings. The first-order chi connectivity index (χ1) is 16.1. The zero-order valence-electron chi connectivity index (χ0n) is 18.8. The molecule has 0 unspecified atom stereocenters. The number of nitriles is 1. The summed E-state index contributed by atoms with van der Waals surface area (Å²) >= 11 is 0. The van der Waals surface area contributed by atoms with Crippen molar-refractivity contribution in [3.8, 4) is 6.07 Å². The van der Waals surface area contributed by atoms with Crippen molar-refractivity contribution in [1.82, 2.24) is 4.98 Å². The third-order valence-electron chi connectivity index (χ3n) is 7.39. The van der Waals surface area contributed by atoms with Gasteiger partial charge in [0.2, 0.25) is 0 Å². The maximum Gasteiger partial charge on any atom is 0.0998 e. The van der Waals surface area contributed by atoms with E-state index in [9.17, 15) is 5.26 Å². The maximum atomic E-state index is 10.0. The summed E-state index contributed by atoms with van der Waals surface area (Å²) in [5, 5.41) is 13.1. The Morgan fingerprint density at radius 2 is 1.33 bits per heavy atom. The quantitative estimate of drug-likeness (QED) is 0.279. The summed E-state index contributed by atoms with van der Waals surface area (Å²) in [7, 11) is 0. The molecule has 5 aromatic rings. The second-order valence-corrected chi connectivity index (χ2v) is 9.72. The number of aromatic nitrogens is 1. The fourth-order valence-electron chi connectivity index (χ4n) is 6.05. The van der Waals surface area contributed by atoms with E-state index in [4.69, 9.17) is 4.98 Å². The van der Waals surface area contributed by atoms with Gasteiger partial charge in [0.1, 0.15) is 0 Å². The first-order valence-corrected chi connectivity index (χ1v) is 11.4. The van der Waals surface area contributed by atoms with Crippen LogP contribution in [0.25, 0.3) is 21.7 Å². The van der Waals surface area contributed by atoms with Gasteiger partial charge in [0.15, 0.2) is 0 Å². The predicted octanol–water partition coefficient (Wildman–Crippen LogP) is 7.28. The Morgan fingerprint density at radius 3 is 1.94 bits per heavy atom. The lowest BCUT2D eigenvalue weighted by molar-refractivity contribution is 0.444. The van der Waals surface area contributed by atoms with Gasteiger partial charge in [0.25, 0.3) is 0 Å². The number of benzene rings is 4. The van der Waals surface area contributed by atoms with E-state index in [1.807, 2.05) is 18.2 Å². The highest BCUT2D eigenvalue weighted by Crippen LogP contribution is 2.58. The molecule has 0 saturated carbocycles. The molecule has 0 N–H and O–H groups in total. The van der Waals surface area contributed by atoms with E-state index in [1.54, 1.807) is 0 Å². The second kappa shape index (κ2) is 7.02. The van der Waals surface area contributed by atoms with E-state index >= 15 is 0 Å². The molecule has 2 heteroatoms. The Bertz CT molecular complexity index is 1520. The van der Waals surface area contributed by atoms with Crippen molar-refractivity contribution in [3.05, 3.63) is 125 Å². The van der Waals surface area contributed by atoms with Crippen LogP contribution in [0.1, 0.15) is 48.1 Å². The van der Waals surface area contributed by atoms with Gasteiger partial charge in [-0.25, -0.2) is 0 Å². The van der Waals surface area contributed by atoms with Crippen LogP contribution in [0.4, 0.5) is 0 Å². The van der Waals surface area contributed by atoms with Crippen molar-refractivity contribution < 1.29 is 0 Å². The molecular formula is C31H24N2. The molecule has 0 aliphatic heterocycles. The number of nitrogens with zero attached hydrogens (tertiary/aromatic N) is 2. The Balaban J connectivity index is 1.85. The first-order valence-electron chi connectivity index (χ1n) is 11.4. The van der Waals surface area contributed by atoms with Crippen molar-refractivity contribution in [2.45, 2.75) is 31.1 Å². The molecule has 0 bridgehead atoms. The molecule has 0 saturated heterocycles. The zero-order chi connectivity index (χ0) is 22.6. The van der Waals surface area contributed by atoms with Crippen LogP contribution in [0, 0.1) is 11.3 Å². The Kier molecular flexibility index (Phi) is 4.19. The van der Waals surface area contributed by atoms with Gasteiger partial charge in [0, 0.05) is 27.8 Å². The molecule has 0 spiro atoms. The van der Waals surface area contributed by atoms with Crippen LogP contribution >= 0.6 is 0 Å². The Morgan fingerprint density at radius 1 is 0.758 bits per heavy atom. The first kappa shape index (κ1) is 19.7. The fraction of sp³-hybridized carbons (Fsp3) is 0.161. The average molecular weight is 425 g/mol. The topological polar surface area (TPSA) is 36.7 Å². The lowest BCUT2D eigenvalue weighted by atomic mass is 9.68. The standard InChI is InChI=1S/C31H24N2/c1-30(2)20-31(22-11-5-3-6-12-22,23-13-7-4-8-14-23)28-26-17-21(18-32)24-15-9-10-16-25(24)29(26)33-19-27(28)30/h3-17,19H,20H2,1-2H3. The van der Waals surface area contributed by atoms with Gasteiger partial charge in [-0.15, -0.1) is 0 Å². The molecule has 1 aliphatic carbocycles. The summed E-state index contributed by atoms with van der Waals surface area (Å²) in [6.07, 6.45) is 3.03. The zero-order valence-corrected chi connectivity index (χ0v) is 18.8. The van der Waals surface area contributed by atoms with Crippen LogP contribution in [0.15, 0.2) is 97.2 Å². The number of fused-ring (bicyclic) bond motifs is 5. The van der Waals surface area contributed by atoms with Crippen LogP contribution in [0.2, 0.25) is 0 Å². The van der Waals surface area contributed by atoms with Crippen LogP contribution < -0.4 is 0 Å². The van der Waals surface area contributed by atoms with Gasteiger partial charge in [-0.2, -0.15) is 5.26 Å². The van der Waals surface area contributed by atoms with Gasteiger partial charge >= 0.3 is 0 Å². The molecular weight excluding hydrogens is 400 g/mol. The second-order valence-electron chi connectivity index (χ2n) is 9.72. The molecule has 1 aromatic heterocycles. The lowest BCUT2D eigenvalue weighted by Crippen LogP contribution is -2.29. The normalized spacial score (nSPS) is 15.9. The van der Waals surface area contributed by atoms with Crippen molar-refractivity contribution in [1.29, 1.82) is 5.26 Å². The average Bonchev–Trinajstić information content (AvgIpc) is 3.12. The molecule has 0 radical (unpaired) electrons. The molecule has 1 heterocycles. The monoisotopic (exact) mass is 424 g/mol. The Labute approximate surface area is 194 Å². The SMILES string of the molecule is CC1(C)CC(c2ccccc2)(c2ccccc2)c2c1cnc1c2cc(C#N)c2ccccc21. The number of pyridine rings is 1. The summed E-state index contributed by atoms with van der Waals surface area (Å²) in [6, 6.07) is 34.3. The van der Waals surface area contributed by atoms with E-state index in [2.05, 4.69) is 98.9 Å². The highest BCUT2D eigenvalue weighted by atomic mass is 14.7. The van der Waals surface area contributed by atoms with Crippen molar-refractivity contribution in [2.75, 3.05) is 0 Å². The van der Waals surface area contributed by atoms with Gasteiger partial charge in [-0.3, -0.25) is 4.98 Å². The summed E-state index contributed by atoms with van der Waals surface area (Å²) in [6.45, 7) is 4.64.